The third kappa shape index (κ3) is 4.31. The van der Waals surface area contributed by atoms with E-state index in [2.05, 4.69) is 10.2 Å². The minimum atomic E-state index is -0.719. The maximum atomic E-state index is 13.3. The number of urea groups is 1. The molecule has 2 aromatic carbocycles. The SMILES string of the molecule is Cc1cc(C)c(N2C(=O)NC(=O)C(=Cc3ccc(N4CCCCCC4)cc3)C2=O)c(C)c1. The molecule has 2 fully saturated rings. The van der Waals surface area contributed by atoms with Crippen LogP contribution in [0.3, 0.4) is 0 Å². The second-order valence-corrected chi connectivity index (χ2v) is 8.70. The predicted molar refractivity (Wildman–Crippen MR) is 127 cm³/mol. The molecule has 2 aromatic rings. The summed E-state index contributed by atoms with van der Waals surface area (Å²) < 4.78 is 0. The number of benzene rings is 2. The van der Waals surface area contributed by atoms with Crippen molar-refractivity contribution in [3.05, 3.63) is 64.2 Å². The molecule has 6 nitrogen and oxygen atoms in total. The predicted octanol–water partition coefficient (Wildman–Crippen LogP) is 4.66. The van der Waals surface area contributed by atoms with E-state index in [1.165, 1.54) is 25.7 Å². The van der Waals surface area contributed by atoms with Gasteiger partial charge in [0.15, 0.2) is 0 Å². The van der Waals surface area contributed by atoms with Crippen LogP contribution in [0.5, 0.6) is 0 Å². The van der Waals surface area contributed by atoms with Crippen molar-refractivity contribution in [2.75, 3.05) is 22.9 Å². The van der Waals surface area contributed by atoms with Gasteiger partial charge in [0.05, 0.1) is 5.69 Å². The summed E-state index contributed by atoms with van der Waals surface area (Å²) in [7, 11) is 0. The molecule has 2 aliphatic heterocycles. The van der Waals surface area contributed by atoms with E-state index in [4.69, 9.17) is 0 Å². The molecule has 0 atom stereocenters. The van der Waals surface area contributed by atoms with Gasteiger partial charge in [0.2, 0.25) is 0 Å². The van der Waals surface area contributed by atoms with Gasteiger partial charge >= 0.3 is 6.03 Å². The minimum Gasteiger partial charge on any atom is -0.372 e. The lowest BCUT2D eigenvalue weighted by molar-refractivity contribution is -0.122. The minimum absolute atomic E-state index is 0.0495. The van der Waals surface area contributed by atoms with Crippen LogP contribution >= 0.6 is 0 Å². The molecule has 2 aliphatic rings. The largest absolute Gasteiger partial charge is 0.372 e. The van der Waals surface area contributed by atoms with Crippen LogP contribution in [0.2, 0.25) is 0 Å². The molecular formula is C26H29N3O3. The lowest BCUT2D eigenvalue weighted by Gasteiger charge is -2.29. The first kappa shape index (κ1) is 21.8. The van der Waals surface area contributed by atoms with Crippen LogP contribution in [-0.4, -0.2) is 30.9 Å². The quantitative estimate of drug-likeness (QED) is 0.567. The molecule has 0 spiro atoms. The van der Waals surface area contributed by atoms with Crippen LogP contribution in [0.25, 0.3) is 6.08 Å². The van der Waals surface area contributed by atoms with Gasteiger partial charge in [-0.15, -0.1) is 0 Å². The molecule has 6 heteroatoms. The first-order valence-corrected chi connectivity index (χ1v) is 11.2. The van der Waals surface area contributed by atoms with Gasteiger partial charge in [-0.3, -0.25) is 14.9 Å². The molecule has 0 saturated carbocycles. The van der Waals surface area contributed by atoms with Crippen molar-refractivity contribution in [1.29, 1.82) is 0 Å². The van der Waals surface area contributed by atoms with E-state index in [0.717, 1.165) is 45.9 Å². The number of barbiturate groups is 1. The molecule has 4 amide bonds. The van der Waals surface area contributed by atoms with E-state index in [-0.39, 0.29) is 5.57 Å². The number of nitrogens with zero attached hydrogens (tertiary/aromatic N) is 2. The number of hydrogen-bond acceptors (Lipinski definition) is 4. The Balaban J connectivity index is 1.63. The maximum absolute atomic E-state index is 13.3. The zero-order valence-electron chi connectivity index (χ0n) is 18.9. The van der Waals surface area contributed by atoms with E-state index in [1.54, 1.807) is 6.08 Å². The number of hydrogen-bond donors (Lipinski definition) is 1. The monoisotopic (exact) mass is 431 g/mol. The van der Waals surface area contributed by atoms with Gasteiger partial charge in [-0.1, -0.05) is 42.7 Å². The second-order valence-electron chi connectivity index (χ2n) is 8.70. The molecule has 166 valence electrons. The van der Waals surface area contributed by atoms with Crippen LogP contribution in [0, 0.1) is 20.8 Å². The second kappa shape index (κ2) is 8.99. The average Bonchev–Trinajstić information content (AvgIpc) is 3.03. The molecule has 0 unspecified atom stereocenters. The van der Waals surface area contributed by atoms with Crippen molar-refractivity contribution in [2.24, 2.45) is 0 Å². The highest BCUT2D eigenvalue weighted by molar-refractivity contribution is 6.39. The van der Waals surface area contributed by atoms with Crippen molar-refractivity contribution in [3.63, 3.8) is 0 Å². The van der Waals surface area contributed by atoms with Crippen LogP contribution in [0.15, 0.2) is 42.0 Å². The Bertz CT molecular complexity index is 1070. The Morgan fingerprint density at radius 1 is 0.844 bits per heavy atom. The number of anilines is 2. The van der Waals surface area contributed by atoms with Gasteiger partial charge in [-0.25, -0.2) is 9.69 Å². The van der Waals surface area contributed by atoms with Crippen molar-refractivity contribution < 1.29 is 14.4 Å². The number of imide groups is 2. The Hall–Kier alpha value is -3.41. The molecule has 4 rings (SSSR count). The van der Waals surface area contributed by atoms with Gasteiger partial charge in [0.25, 0.3) is 11.8 Å². The highest BCUT2D eigenvalue weighted by Crippen LogP contribution is 2.30. The molecule has 32 heavy (non-hydrogen) atoms. The summed E-state index contributed by atoms with van der Waals surface area (Å²) in [5.41, 5.74) is 5.03. The first-order chi connectivity index (χ1) is 15.3. The molecule has 0 aliphatic carbocycles. The summed E-state index contributed by atoms with van der Waals surface area (Å²) in [6, 6.07) is 11.0. The Kier molecular flexibility index (Phi) is 6.12. The molecular weight excluding hydrogens is 402 g/mol. The molecule has 0 aromatic heterocycles. The van der Waals surface area contributed by atoms with Gasteiger partial charge in [-0.05, 0) is 68.5 Å². The van der Waals surface area contributed by atoms with Crippen molar-refractivity contribution in [1.82, 2.24) is 5.32 Å². The van der Waals surface area contributed by atoms with Crippen LogP contribution in [0.1, 0.15) is 47.9 Å². The molecule has 1 N–H and O–H groups in total. The summed E-state index contributed by atoms with van der Waals surface area (Å²) in [6.07, 6.45) is 6.49. The Morgan fingerprint density at radius 2 is 1.44 bits per heavy atom. The molecule has 0 radical (unpaired) electrons. The van der Waals surface area contributed by atoms with Crippen molar-refractivity contribution in [3.8, 4) is 0 Å². The summed E-state index contributed by atoms with van der Waals surface area (Å²) >= 11 is 0. The fourth-order valence-electron chi connectivity index (χ4n) is 4.66. The number of rotatable bonds is 3. The number of nitrogens with one attached hydrogen (secondary N) is 1. The van der Waals surface area contributed by atoms with E-state index < -0.39 is 17.8 Å². The van der Waals surface area contributed by atoms with Gasteiger partial charge < -0.3 is 4.90 Å². The normalized spacial score (nSPS) is 18.7. The fraction of sp³-hybridized carbons (Fsp3) is 0.346. The summed E-state index contributed by atoms with van der Waals surface area (Å²) in [4.78, 5) is 41.8. The molecule has 2 saturated heterocycles. The number of amides is 4. The lowest BCUT2D eigenvalue weighted by atomic mass is 10.0. The topological polar surface area (TPSA) is 69.7 Å². The van der Waals surface area contributed by atoms with Crippen molar-refractivity contribution in [2.45, 2.75) is 46.5 Å². The lowest BCUT2D eigenvalue weighted by Crippen LogP contribution is -2.54. The number of aryl methyl sites for hydroxylation is 3. The van der Waals surface area contributed by atoms with E-state index in [0.29, 0.717) is 5.69 Å². The van der Waals surface area contributed by atoms with Crippen LogP contribution in [-0.2, 0) is 9.59 Å². The zero-order chi connectivity index (χ0) is 22.8. The summed E-state index contributed by atoms with van der Waals surface area (Å²) in [5.74, 6) is -1.28. The van der Waals surface area contributed by atoms with Crippen LogP contribution in [0.4, 0.5) is 16.2 Å². The highest BCUT2D eigenvalue weighted by atomic mass is 16.2. The van der Waals surface area contributed by atoms with Gasteiger partial charge in [0, 0.05) is 18.8 Å². The fourth-order valence-corrected chi connectivity index (χ4v) is 4.66. The summed E-state index contributed by atoms with van der Waals surface area (Å²) in [5, 5.41) is 2.32. The number of carbonyl (C=O) groups excluding carboxylic acids is 3. The first-order valence-electron chi connectivity index (χ1n) is 11.2. The Labute approximate surface area is 188 Å². The van der Waals surface area contributed by atoms with E-state index in [1.807, 2.05) is 57.2 Å². The number of carbonyl (C=O) groups is 3. The third-order valence-electron chi connectivity index (χ3n) is 6.14. The molecule has 2 heterocycles. The van der Waals surface area contributed by atoms with Gasteiger partial charge in [0.1, 0.15) is 5.57 Å². The van der Waals surface area contributed by atoms with Gasteiger partial charge in [-0.2, -0.15) is 0 Å². The van der Waals surface area contributed by atoms with Crippen molar-refractivity contribution >= 4 is 35.3 Å². The standard InChI is InChI=1S/C26H29N3O3/c1-17-14-18(2)23(19(3)15-17)29-25(31)22(24(30)27-26(29)32)16-20-8-10-21(11-9-20)28-12-6-4-5-7-13-28/h8-11,14-16H,4-7,12-13H2,1-3H3,(H,27,30,32). The maximum Gasteiger partial charge on any atom is 0.335 e. The third-order valence-corrected chi connectivity index (χ3v) is 6.14. The highest BCUT2D eigenvalue weighted by Gasteiger charge is 2.38. The van der Waals surface area contributed by atoms with Crippen LogP contribution < -0.4 is 15.1 Å². The zero-order valence-corrected chi connectivity index (χ0v) is 18.9. The smallest absolute Gasteiger partial charge is 0.335 e. The van der Waals surface area contributed by atoms with E-state index in [9.17, 15) is 14.4 Å². The average molecular weight is 432 g/mol. The Morgan fingerprint density at radius 3 is 2.03 bits per heavy atom. The summed E-state index contributed by atoms with van der Waals surface area (Å²) in [6.45, 7) is 7.78. The molecule has 0 bridgehead atoms. The van der Waals surface area contributed by atoms with E-state index >= 15 is 0 Å².